The molecule has 13 heteroatoms. The Labute approximate surface area is 254 Å². The van der Waals surface area contributed by atoms with Crippen LogP contribution in [0.25, 0.3) is 11.4 Å². The van der Waals surface area contributed by atoms with Crippen LogP contribution in [0.3, 0.4) is 0 Å². The van der Waals surface area contributed by atoms with Crippen molar-refractivity contribution >= 4 is 40.7 Å². The van der Waals surface area contributed by atoms with E-state index in [1.807, 2.05) is 44.9 Å². The first-order chi connectivity index (χ1) is 19.4. The second-order valence-electron chi connectivity index (χ2n) is 11.1. The standard InChI is InChI=1S/C28H32Cl3N9O/c1-16(2)26-32-14-22(40-18(4)11-17(3)35-40)24(33-26)27(41)37-7-9-38(10-8-37)28(5,6)23-15-39(36-34-23)25-20(30)12-19(29)13-21(25)31/h11-16H,7-10H2,1-6H3. The maximum Gasteiger partial charge on any atom is 0.274 e. The Hall–Kier alpha value is -3.05. The van der Waals surface area contributed by atoms with Crippen LogP contribution in [0.5, 0.6) is 0 Å². The topological polar surface area (TPSA) is 97.9 Å². The Kier molecular flexibility index (Phi) is 8.13. The van der Waals surface area contributed by atoms with E-state index in [1.165, 1.54) is 0 Å². The molecule has 1 aliphatic heterocycles. The lowest BCUT2D eigenvalue weighted by atomic mass is 9.97. The number of halogens is 3. The predicted molar refractivity (Wildman–Crippen MR) is 160 cm³/mol. The number of hydrogen-bond donors (Lipinski definition) is 0. The number of nitrogens with zero attached hydrogens (tertiary/aromatic N) is 9. The van der Waals surface area contributed by atoms with Crippen LogP contribution in [-0.4, -0.2) is 76.6 Å². The zero-order valence-electron chi connectivity index (χ0n) is 23.9. The first-order valence-electron chi connectivity index (χ1n) is 13.4. The first kappa shape index (κ1) is 29.4. The molecule has 3 aromatic heterocycles. The van der Waals surface area contributed by atoms with E-state index in [0.717, 1.165) is 17.1 Å². The molecule has 216 valence electrons. The summed E-state index contributed by atoms with van der Waals surface area (Å²) < 4.78 is 3.31. The number of aryl methyl sites for hydroxylation is 2. The van der Waals surface area contributed by atoms with Crippen molar-refractivity contribution in [3.05, 3.63) is 74.3 Å². The van der Waals surface area contributed by atoms with E-state index in [4.69, 9.17) is 39.8 Å². The second kappa shape index (κ2) is 11.3. The van der Waals surface area contributed by atoms with E-state index in [-0.39, 0.29) is 11.8 Å². The molecule has 0 radical (unpaired) electrons. The normalized spacial score (nSPS) is 14.7. The third kappa shape index (κ3) is 5.70. The minimum atomic E-state index is -0.465. The molecule has 0 bridgehead atoms. The van der Waals surface area contributed by atoms with Gasteiger partial charge in [-0.25, -0.2) is 19.3 Å². The highest BCUT2D eigenvalue weighted by atomic mass is 35.5. The number of carbonyl (C=O) groups is 1. The van der Waals surface area contributed by atoms with Crippen molar-refractivity contribution in [2.45, 2.75) is 53.0 Å². The van der Waals surface area contributed by atoms with Crippen LogP contribution in [0.15, 0.2) is 30.6 Å². The summed E-state index contributed by atoms with van der Waals surface area (Å²) in [7, 11) is 0. The molecule has 0 unspecified atom stereocenters. The van der Waals surface area contributed by atoms with Crippen molar-refractivity contribution < 1.29 is 4.79 Å². The monoisotopic (exact) mass is 615 g/mol. The molecule has 4 aromatic rings. The van der Waals surface area contributed by atoms with Crippen molar-refractivity contribution in [3.8, 4) is 11.4 Å². The van der Waals surface area contributed by atoms with Gasteiger partial charge in [-0.05, 0) is 45.9 Å². The molecule has 0 saturated carbocycles. The SMILES string of the molecule is Cc1cc(C)n(-c2cnc(C(C)C)nc2C(=O)N2CCN(C(C)(C)c3cn(-c4c(Cl)cc(Cl)cc4Cl)nn3)CC2)n1. The third-order valence-corrected chi connectivity index (χ3v) is 8.23. The van der Waals surface area contributed by atoms with Crippen LogP contribution in [0.4, 0.5) is 0 Å². The summed E-state index contributed by atoms with van der Waals surface area (Å²) in [6.45, 7) is 14.4. The number of rotatable bonds is 6. The third-order valence-electron chi connectivity index (χ3n) is 7.43. The highest BCUT2D eigenvalue weighted by molar-refractivity contribution is 6.40. The molecule has 1 fully saturated rings. The van der Waals surface area contributed by atoms with Gasteiger partial charge >= 0.3 is 0 Å². The van der Waals surface area contributed by atoms with Gasteiger partial charge in [-0.15, -0.1) is 5.10 Å². The van der Waals surface area contributed by atoms with Gasteiger partial charge in [-0.1, -0.05) is 53.9 Å². The summed E-state index contributed by atoms with van der Waals surface area (Å²) in [4.78, 5) is 27.2. The first-order valence-corrected chi connectivity index (χ1v) is 14.5. The van der Waals surface area contributed by atoms with Gasteiger partial charge in [0.05, 0.1) is 33.7 Å². The molecule has 1 aromatic carbocycles. The molecular formula is C28H32Cl3N9O. The van der Waals surface area contributed by atoms with Gasteiger partial charge in [0.25, 0.3) is 5.91 Å². The molecule has 4 heterocycles. The lowest BCUT2D eigenvalue weighted by molar-refractivity contribution is 0.0374. The molecule has 0 aliphatic carbocycles. The molecule has 10 nitrogen and oxygen atoms in total. The fourth-order valence-electron chi connectivity index (χ4n) is 5.04. The molecular weight excluding hydrogens is 585 g/mol. The van der Waals surface area contributed by atoms with Crippen LogP contribution in [0.2, 0.25) is 15.1 Å². The molecule has 1 amide bonds. The van der Waals surface area contributed by atoms with E-state index in [1.54, 1.807) is 27.7 Å². The van der Waals surface area contributed by atoms with E-state index in [9.17, 15) is 4.79 Å². The number of piperazine rings is 1. The van der Waals surface area contributed by atoms with Crippen LogP contribution in [-0.2, 0) is 5.54 Å². The van der Waals surface area contributed by atoms with Crippen molar-refractivity contribution in [2.24, 2.45) is 0 Å². The Bertz CT molecular complexity index is 1580. The second-order valence-corrected chi connectivity index (χ2v) is 12.3. The van der Waals surface area contributed by atoms with Crippen LogP contribution in [0, 0.1) is 13.8 Å². The Morgan fingerprint density at radius 2 is 1.66 bits per heavy atom. The number of amides is 1. The quantitative estimate of drug-likeness (QED) is 0.277. The van der Waals surface area contributed by atoms with Crippen LogP contribution in [0.1, 0.15) is 67.0 Å². The Morgan fingerprint density at radius 1 is 1.00 bits per heavy atom. The number of hydrogen-bond acceptors (Lipinski definition) is 7. The molecule has 0 N–H and O–H groups in total. The minimum Gasteiger partial charge on any atom is -0.335 e. The van der Waals surface area contributed by atoms with Crippen molar-refractivity contribution in [1.29, 1.82) is 0 Å². The molecule has 1 saturated heterocycles. The molecule has 41 heavy (non-hydrogen) atoms. The number of aromatic nitrogens is 7. The van der Waals surface area contributed by atoms with E-state index in [0.29, 0.717) is 64.1 Å². The van der Waals surface area contributed by atoms with Crippen LogP contribution < -0.4 is 0 Å². The van der Waals surface area contributed by atoms with Gasteiger partial charge < -0.3 is 4.90 Å². The summed E-state index contributed by atoms with van der Waals surface area (Å²) in [6, 6.07) is 5.21. The Balaban J connectivity index is 1.35. The molecule has 1 aliphatic rings. The van der Waals surface area contributed by atoms with Crippen molar-refractivity contribution in [1.82, 2.24) is 44.5 Å². The fraction of sp³-hybridized carbons (Fsp3) is 0.429. The van der Waals surface area contributed by atoms with Gasteiger partial charge in [0.15, 0.2) is 5.69 Å². The van der Waals surface area contributed by atoms with E-state index < -0.39 is 5.54 Å². The lowest BCUT2D eigenvalue weighted by Gasteiger charge is -2.43. The van der Waals surface area contributed by atoms with Crippen molar-refractivity contribution in [2.75, 3.05) is 26.2 Å². The predicted octanol–water partition coefficient (Wildman–Crippen LogP) is 5.64. The highest BCUT2D eigenvalue weighted by Gasteiger charge is 2.36. The summed E-state index contributed by atoms with van der Waals surface area (Å²) in [5, 5.41) is 14.5. The summed E-state index contributed by atoms with van der Waals surface area (Å²) in [6.07, 6.45) is 3.53. The molecule has 0 atom stereocenters. The van der Waals surface area contributed by atoms with Gasteiger partial charge in [0.1, 0.15) is 22.9 Å². The molecule has 5 rings (SSSR count). The van der Waals surface area contributed by atoms with Crippen LogP contribution >= 0.6 is 34.8 Å². The van der Waals surface area contributed by atoms with Gasteiger partial charge in [0.2, 0.25) is 0 Å². The minimum absolute atomic E-state index is 0.0831. The maximum atomic E-state index is 13.9. The summed E-state index contributed by atoms with van der Waals surface area (Å²) in [5.74, 6) is 0.578. The van der Waals surface area contributed by atoms with Crippen molar-refractivity contribution in [3.63, 3.8) is 0 Å². The van der Waals surface area contributed by atoms with E-state index >= 15 is 0 Å². The molecule has 0 spiro atoms. The Morgan fingerprint density at radius 3 is 2.24 bits per heavy atom. The fourth-order valence-corrected chi connectivity index (χ4v) is 6.03. The lowest BCUT2D eigenvalue weighted by Crippen LogP contribution is -2.54. The zero-order chi connectivity index (χ0) is 29.6. The zero-order valence-corrected chi connectivity index (χ0v) is 26.1. The average Bonchev–Trinajstić information content (AvgIpc) is 3.54. The smallest absolute Gasteiger partial charge is 0.274 e. The largest absolute Gasteiger partial charge is 0.335 e. The average molecular weight is 617 g/mol. The highest BCUT2D eigenvalue weighted by Crippen LogP contribution is 2.34. The maximum absolute atomic E-state index is 13.9. The van der Waals surface area contributed by atoms with Gasteiger partial charge in [0, 0.05) is 42.8 Å². The number of carbonyl (C=O) groups excluding carboxylic acids is 1. The number of benzene rings is 1. The van der Waals surface area contributed by atoms with Gasteiger partial charge in [-0.3, -0.25) is 9.69 Å². The van der Waals surface area contributed by atoms with E-state index in [2.05, 4.69) is 39.1 Å². The van der Waals surface area contributed by atoms with Gasteiger partial charge in [-0.2, -0.15) is 5.10 Å². The summed E-state index contributed by atoms with van der Waals surface area (Å²) >= 11 is 18.9. The summed E-state index contributed by atoms with van der Waals surface area (Å²) in [5.41, 5.74) is 3.54.